The third kappa shape index (κ3) is 5.53. The average molecular weight is 338 g/mol. The summed E-state index contributed by atoms with van der Waals surface area (Å²) >= 11 is 0. The Morgan fingerprint density at radius 2 is 1.61 bits per heavy atom. The lowest BCUT2D eigenvalue weighted by Gasteiger charge is -2.21. The Labute approximate surface area is 138 Å². The second kappa shape index (κ2) is 8.34. The van der Waals surface area contributed by atoms with Gasteiger partial charge in [-0.1, -0.05) is 39.0 Å². The molecule has 0 radical (unpaired) electrons. The number of carbonyl (C=O) groups is 1. The summed E-state index contributed by atoms with van der Waals surface area (Å²) < 4.78 is 23.5. The maximum absolute atomic E-state index is 12.1. The van der Waals surface area contributed by atoms with Crippen LogP contribution < -0.4 is 10.6 Å². The maximum Gasteiger partial charge on any atom is 0.319 e. The van der Waals surface area contributed by atoms with E-state index in [4.69, 9.17) is 0 Å². The van der Waals surface area contributed by atoms with Gasteiger partial charge in [0.1, 0.15) is 0 Å². The molecule has 0 saturated heterocycles. The van der Waals surface area contributed by atoms with E-state index in [1.807, 2.05) is 0 Å². The minimum Gasteiger partial charge on any atom is -0.335 e. The van der Waals surface area contributed by atoms with Crippen LogP contribution in [0.25, 0.3) is 0 Å². The van der Waals surface area contributed by atoms with Gasteiger partial charge >= 0.3 is 6.03 Å². The number of hydrogen-bond donors (Lipinski definition) is 2. The number of hydrogen-bond acceptors (Lipinski definition) is 3. The smallest absolute Gasteiger partial charge is 0.319 e. The van der Waals surface area contributed by atoms with Gasteiger partial charge in [-0.15, -0.1) is 0 Å². The molecule has 1 aromatic rings. The Bertz CT molecular complexity index is 603. The lowest BCUT2D eigenvalue weighted by Crippen LogP contribution is -2.38. The van der Waals surface area contributed by atoms with E-state index in [0.29, 0.717) is 5.69 Å². The molecule has 6 heteroatoms. The van der Waals surface area contributed by atoms with Gasteiger partial charge in [-0.05, 0) is 37.1 Å². The van der Waals surface area contributed by atoms with Crippen molar-refractivity contribution in [1.82, 2.24) is 5.32 Å². The van der Waals surface area contributed by atoms with E-state index < -0.39 is 9.84 Å². The standard InChI is InChI=1S/C17H26N2O3S/c1-2-23(21,22)16-12-10-15(11-13-16)19-17(20)18-14-8-6-4-3-5-7-9-14/h10-14H,2-9H2,1H3,(H2,18,19,20). The van der Waals surface area contributed by atoms with Gasteiger partial charge in [0, 0.05) is 11.7 Å². The van der Waals surface area contributed by atoms with Gasteiger partial charge in [-0.25, -0.2) is 13.2 Å². The van der Waals surface area contributed by atoms with Crippen molar-refractivity contribution < 1.29 is 13.2 Å². The quantitative estimate of drug-likeness (QED) is 0.878. The van der Waals surface area contributed by atoms with Crippen LogP contribution in [0, 0.1) is 0 Å². The molecule has 1 fully saturated rings. The summed E-state index contributed by atoms with van der Waals surface area (Å²) in [4.78, 5) is 12.4. The van der Waals surface area contributed by atoms with Crippen molar-refractivity contribution in [3.8, 4) is 0 Å². The Kier molecular flexibility index (Phi) is 6.45. The number of urea groups is 1. The normalized spacial score (nSPS) is 17.1. The summed E-state index contributed by atoms with van der Waals surface area (Å²) in [6, 6.07) is 6.33. The fourth-order valence-electron chi connectivity index (χ4n) is 2.87. The summed E-state index contributed by atoms with van der Waals surface area (Å²) in [5.74, 6) is 0.0714. The number of rotatable bonds is 4. The summed E-state index contributed by atoms with van der Waals surface area (Å²) in [5.41, 5.74) is 0.600. The monoisotopic (exact) mass is 338 g/mol. The van der Waals surface area contributed by atoms with Crippen LogP contribution in [-0.4, -0.2) is 26.2 Å². The molecule has 0 aliphatic heterocycles. The fourth-order valence-corrected chi connectivity index (χ4v) is 3.75. The van der Waals surface area contributed by atoms with Gasteiger partial charge < -0.3 is 10.6 Å². The largest absolute Gasteiger partial charge is 0.335 e. The van der Waals surface area contributed by atoms with Crippen LogP contribution in [0.4, 0.5) is 10.5 Å². The second-order valence-corrected chi connectivity index (χ2v) is 8.35. The topological polar surface area (TPSA) is 75.3 Å². The highest BCUT2D eigenvalue weighted by atomic mass is 32.2. The molecular formula is C17H26N2O3S. The Morgan fingerprint density at radius 3 is 2.17 bits per heavy atom. The third-order valence-corrected chi connectivity index (χ3v) is 6.04. The number of nitrogens with one attached hydrogen (secondary N) is 2. The van der Waals surface area contributed by atoms with Crippen LogP contribution in [0.15, 0.2) is 29.2 Å². The highest BCUT2D eigenvalue weighted by Crippen LogP contribution is 2.18. The molecule has 0 spiro atoms. The van der Waals surface area contributed by atoms with Crippen molar-refractivity contribution in [2.24, 2.45) is 0 Å². The maximum atomic E-state index is 12.1. The van der Waals surface area contributed by atoms with Crippen LogP contribution in [0.5, 0.6) is 0 Å². The number of benzene rings is 1. The van der Waals surface area contributed by atoms with Gasteiger partial charge in [-0.2, -0.15) is 0 Å². The molecule has 128 valence electrons. The van der Waals surface area contributed by atoms with E-state index in [1.54, 1.807) is 19.1 Å². The molecule has 1 saturated carbocycles. The average Bonchev–Trinajstić information content (AvgIpc) is 2.50. The van der Waals surface area contributed by atoms with Crippen molar-refractivity contribution >= 4 is 21.6 Å². The summed E-state index contributed by atoms with van der Waals surface area (Å²) in [6.07, 6.45) is 8.16. The van der Waals surface area contributed by atoms with Crippen LogP contribution in [0.2, 0.25) is 0 Å². The van der Waals surface area contributed by atoms with E-state index in [1.165, 1.54) is 31.4 Å². The fraction of sp³-hybridized carbons (Fsp3) is 0.588. The molecule has 1 aliphatic rings. The molecular weight excluding hydrogens is 312 g/mol. The van der Waals surface area contributed by atoms with Crippen molar-refractivity contribution in [2.45, 2.75) is 62.8 Å². The molecule has 5 nitrogen and oxygen atoms in total. The lowest BCUT2D eigenvalue weighted by molar-refractivity contribution is 0.245. The molecule has 2 rings (SSSR count). The summed E-state index contributed by atoms with van der Waals surface area (Å²) in [7, 11) is -3.20. The van der Waals surface area contributed by atoms with Crippen LogP contribution in [0.1, 0.15) is 51.9 Å². The number of carbonyl (C=O) groups excluding carboxylic acids is 1. The zero-order valence-electron chi connectivity index (χ0n) is 13.7. The number of anilines is 1. The molecule has 2 N–H and O–H groups in total. The zero-order chi connectivity index (χ0) is 16.7. The Morgan fingerprint density at radius 1 is 1.04 bits per heavy atom. The second-order valence-electron chi connectivity index (χ2n) is 6.07. The number of amides is 2. The SMILES string of the molecule is CCS(=O)(=O)c1ccc(NC(=O)NC2CCCCCCC2)cc1. The van der Waals surface area contributed by atoms with Gasteiger partial charge in [0.25, 0.3) is 0 Å². The third-order valence-electron chi connectivity index (χ3n) is 4.29. The minimum absolute atomic E-state index is 0.0714. The summed E-state index contributed by atoms with van der Waals surface area (Å²) in [5, 5.41) is 5.80. The zero-order valence-corrected chi connectivity index (χ0v) is 14.5. The minimum atomic E-state index is -3.20. The van der Waals surface area contributed by atoms with Crippen LogP contribution in [-0.2, 0) is 9.84 Å². The molecule has 0 atom stereocenters. The predicted octanol–water partition coefficient (Wildman–Crippen LogP) is 3.71. The van der Waals surface area contributed by atoms with E-state index >= 15 is 0 Å². The molecule has 0 heterocycles. The molecule has 1 aliphatic carbocycles. The Balaban J connectivity index is 1.89. The highest BCUT2D eigenvalue weighted by Gasteiger charge is 2.15. The molecule has 0 unspecified atom stereocenters. The van der Waals surface area contributed by atoms with Crippen LogP contribution in [0.3, 0.4) is 0 Å². The molecule has 23 heavy (non-hydrogen) atoms. The molecule has 0 aromatic heterocycles. The summed E-state index contributed by atoms with van der Waals surface area (Å²) in [6.45, 7) is 1.62. The van der Waals surface area contributed by atoms with E-state index in [0.717, 1.165) is 25.7 Å². The lowest BCUT2D eigenvalue weighted by atomic mass is 9.97. The predicted molar refractivity (Wildman–Crippen MR) is 92.4 cm³/mol. The van der Waals surface area contributed by atoms with E-state index in [-0.39, 0.29) is 22.7 Å². The van der Waals surface area contributed by atoms with Crippen molar-refractivity contribution in [1.29, 1.82) is 0 Å². The number of sulfone groups is 1. The highest BCUT2D eigenvalue weighted by molar-refractivity contribution is 7.91. The van der Waals surface area contributed by atoms with Gasteiger partial charge in [0.15, 0.2) is 9.84 Å². The van der Waals surface area contributed by atoms with Gasteiger partial charge in [0.05, 0.1) is 10.6 Å². The first-order valence-corrected chi connectivity index (χ1v) is 10.1. The molecule has 0 bridgehead atoms. The van der Waals surface area contributed by atoms with Crippen molar-refractivity contribution in [3.63, 3.8) is 0 Å². The molecule has 2 amide bonds. The first kappa shape index (κ1) is 17.8. The van der Waals surface area contributed by atoms with Crippen molar-refractivity contribution in [2.75, 3.05) is 11.1 Å². The van der Waals surface area contributed by atoms with E-state index in [2.05, 4.69) is 10.6 Å². The van der Waals surface area contributed by atoms with Crippen LogP contribution >= 0.6 is 0 Å². The molecule has 1 aromatic carbocycles. The first-order chi connectivity index (χ1) is 11.0. The van der Waals surface area contributed by atoms with Crippen molar-refractivity contribution in [3.05, 3.63) is 24.3 Å². The van der Waals surface area contributed by atoms with E-state index in [9.17, 15) is 13.2 Å². The van der Waals surface area contributed by atoms with Gasteiger partial charge in [-0.3, -0.25) is 0 Å². The first-order valence-electron chi connectivity index (χ1n) is 8.41. The van der Waals surface area contributed by atoms with Gasteiger partial charge in [0.2, 0.25) is 0 Å². The Hall–Kier alpha value is -1.56.